The Morgan fingerprint density at radius 3 is 2.50 bits per heavy atom. The molecule has 1 aliphatic rings. The van der Waals surface area contributed by atoms with Crippen molar-refractivity contribution in [2.45, 2.75) is 25.9 Å². The Hall–Kier alpha value is -2.64. The van der Waals surface area contributed by atoms with Crippen LogP contribution in [0.25, 0.3) is 5.69 Å². The van der Waals surface area contributed by atoms with Crippen LogP contribution in [0, 0.1) is 20.8 Å². The maximum Gasteiger partial charge on any atom is 0.232 e. The lowest BCUT2D eigenvalue weighted by atomic mass is 10.0. The number of thioether (sulfide) groups is 1. The second-order valence-electron chi connectivity index (χ2n) is 7.51. The van der Waals surface area contributed by atoms with Crippen molar-refractivity contribution in [2.75, 3.05) is 37.0 Å². The molecule has 1 saturated heterocycles. The monoisotopic (exact) mass is 422 g/mol. The Morgan fingerprint density at radius 1 is 1.00 bits per heavy atom. The first-order valence-corrected chi connectivity index (χ1v) is 11.1. The summed E-state index contributed by atoms with van der Waals surface area (Å²) in [6.07, 6.45) is 0. The number of morpholine rings is 1. The normalized spacial score (nSPS) is 14.2. The van der Waals surface area contributed by atoms with Gasteiger partial charge >= 0.3 is 0 Å². The highest BCUT2D eigenvalue weighted by Crippen LogP contribution is 2.29. The van der Waals surface area contributed by atoms with E-state index in [2.05, 4.69) is 45.6 Å². The van der Waals surface area contributed by atoms with E-state index in [0.29, 0.717) is 19.0 Å². The van der Waals surface area contributed by atoms with E-state index in [1.54, 1.807) is 0 Å². The summed E-state index contributed by atoms with van der Waals surface area (Å²) in [7, 11) is 0. The highest BCUT2D eigenvalue weighted by Gasteiger charge is 2.23. The average molecular weight is 423 g/mol. The predicted octanol–water partition coefficient (Wildman–Crippen LogP) is 4.00. The quantitative estimate of drug-likeness (QED) is 0.442. The van der Waals surface area contributed by atoms with Crippen LogP contribution in [0.5, 0.6) is 0 Å². The molecule has 3 aromatic rings. The number of para-hydroxylation sites is 1. The van der Waals surface area contributed by atoms with Gasteiger partial charge in [-0.2, -0.15) is 0 Å². The molecule has 0 atom stereocenters. The van der Waals surface area contributed by atoms with E-state index in [9.17, 15) is 4.79 Å². The number of anilines is 1. The van der Waals surface area contributed by atoms with Crippen molar-refractivity contribution in [2.24, 2.45) is 0 Å². The SMILES string of the molecule is Cc1ccc(C(=O)CSc2nnc(N3CCOCC3)n2-c2ccccc2C)cc1C. The third kappa shape index (κ3) is 4.27. The first-order valence-electron chi connectivity index (χ1n) is 10.1. The summed E-state index contributed by atoms with van der Waals surface area (Å²) in [5.41, 5.74) is 5.22. The van der Waals surface area contributed by atoms with Gasteiger partial charge in [-0.15, -0.1) is 10.2 Å². The summed E-state index contributed by atoms with van der Waals surface area (Å²) in [6.45, 7) is 9.06. The third-order valence-electron chi connectivity index (χ3n) is 5.43. The van der Waals surface area contributed by atoms with Crippen LogP contribution in [0.2, 0.25) is 0 Å². The van der Waals surface area contributed by atoms with Gasteiger partial charge in [-0.3, -0.25) is 9.36 Å². The van der Waals surface area contributed by atoms with Gasteiger partial charge in [0, 0.05) is 18.7 Å². The molecule has 1 aromatic heterocycles. The molecule has 1 fully saturated rings. The van der Waals surface area contributed by atoms with Gasteiger partial charge in [0.1, 0.15) is 0 Å². The molecule has 4 rings (SSSR count). The van der Waals surface area contributed by atoms with Gasteiger partial charge in [-0.1, -0.05) is 42.1 Å². The number of rotatable bonds is 6. The van der Waals surface area contributed by atoms with Gasteiger partial charge in [0.05, 0.1) is 24.7 Å². The van der Waals surface area contributed by atoms with Gasteiger partial charge in [0.2, 0.25) is 5.95 Å². The van der Waals surface area contributed by atoms with Crippen molar-refractivity contribution >= 4 is 23.5 Å². The minimum absolute atomic E-state index is 0.0929. The molecule has 0 spiro atoms. The molecule has 0 bridgehead atoms. The summed E-state index contributed by atoms with van der Waals surface area (Å²) < 4.78 is 7.56. The van der Waals surface area contributed by atoms with E-state index in [-0.39, 0.29) is 5.78 Å². The first-order chi connectivity index (χ1) is 14.5. The fraction of sp³-hybridized carbons (Fsp3) is 0.348. The number of benzene rings is 2. The third-order valence-corrected chi connectivity index (χ3v) is 6.36. The number of carbonyl (C=O) groups excluding carboxylic acids is 1. The van der Waals surface area contributed by atoms with Crippen molar-refractivity contribution in [3.8, 4) is 5.69 Å². The number of hydrogen-bond acceptors (Lipinski definition) is 6. The fourth-order valence-corrected chi connectivity index (χ4v) is 4.31. The van der Waals surface area contributed by atoms with Gasteiger partial charge in [0.15, 0.2) is 10.9 Å². The van der Waals surface area contributed by atoms with Crippen LogP contribution in [-0.2, 0) is 4.74 Å². The zero-order chi connectivity index (χ0) is 21.1. The van der Waals surface area contributed by atoms with Crippen LogP contribution in [-0.4, -0.2) is 52.6 Å². The number of aryl methyl sites for hydroxylation is 3. The highest BCUT2D eigenvalue weighted by atomic mass is 32.2. The van der Waals surface area contributed by atoms with E-state index in [0.717, 1.165) is 46.6 Å². The minimum Gasteiger partial charge on any atom is -0.378 e. The van der Waals surface area contributed by atoms with E-state index < -0.39 is 0 Å². The molecular weight excluding hydrogens is 396 g/mol. The lowest BCUT2D eigenvalue weighted by molar-refractivity contribution is 0.102. The zero-order valence-corrected chi connectivity index (χ0v) is 18.4. The van der Waals surface area contributed by atoms with Crippen LogP contribution >= 0.6 is 11.8 Å². The van der Waals surface area contributed by atoms with Crippen molar-refractivity contribution in [3.63, 3.8) is 0 Å². The molecule has 30 heavy (non-hydrogen) atoms. The Labute approximate surface area is 181 Å². The molecule has 156 valence electrons. The lowest BCUT2D eigenvalue weighted by Gasteiger charge is -2.28. The topological polar surface area (TPSA) is 60.3 Å². The molecule has 0 N–H and O–H groups in total. The number of nitrogens with zero attached hydrogens (tertiary/aromatic N) is 4. The number of hydrogen-bond donors (Lipinski definition) is 0. The average Bonchev–Trinajstić information content (AvgIpc) is 3.18. The van der Waals surface area contributed by atoms with Crippen molar-refractivity contribution in [1.82, 2.24) is 14.8 Å². The number of ketones is 1. The minimum atomic E-state index is 0.0929. The van der Waals surface area contributed by atoms with Crippen molar-refractivity contribution in [1.29, 1.82) is 0 Å². The standard InChI is InChI=1S/C23H26N4O2S/c1-16-8-9-19(14-18(16)3)21(28)15-30-23-25-24-22(26-10-12-29-13-11-26)27(23)20-7-5-4-6-17(20)2/h4-9,14H,10-13,15H2,1-3H3. The van der Waals surface area contributed by atoms with Crippen LogP contribution in [0.4, 0.5) is 5.95 Å². The molecule has 0 amide bonds. The molecule has 2 aromatic carbocycles. The summed E-state index contributed by atoms with van der Waals surface area (Å²) in [5, 5.41) is 9.66. The fourth-order valence-electron chi connectivity index (χ4n) is 3.48. The van der Waals surface area contributed by atoms with E-state index in [4.69, 9.17) is 4.74 Å². The number of Topliss-reactive ketones (excluding diaryl/α,β-unsaturated/α-hetero) is 1. The zero-order valence-electron chi connectivity index (χ0n) is 17.6. The number of aromatic nitrogens is 3. The Kier molecular flexibility index (Phi) is 6.20. The Bertz CT molecular complexity index is 1060. The van der Waals surface area contributed by atoms with Gasteiger partial charge in [-0.05, 0) is 49.6 Å². The second kappa shape index (κ2) is 9.02. The molecule has 0 unspecified atom stereocenters. The summed E-state index contributed by atoms with van der Waals surface area (Å²) in [5.74, 6) is 1.21. The Morgan fingerprint density at radius 2 is 1.77 bits per heavy atom. The number of carbonyl (C=O) groups is 1. The van der Waals surface area contributed by atoms with Crippen LogP contribution < -0.4 is 4.90 Å². The molecule has 0 saturated carbocycles. The van der Waals surface area contributed by atoms with Gasteiger partial charge in [-0.25, -0.2) is 0 Å². The smallest absolute Gasteiger partial charge is 0.232 e. The van der Waals surface area contributed by atoms with E-state index in [1.165, 1.54) is 17.3 Å². The molecular formula is C23H26N4O2S. The van der Waals surface area contributed by atoms with E-state index in [1.807, 2.05) is 37.3 Å². The Balaban J connectivity index is 1.62. The van der Waals surface area contributed by atoms with Gasteiger partial charge < -0.3 is 9.64 Å². The highest BCUT2D eigenvalue weighted by molar-refractivity contribution is 7.99. The maximum atomic E-state index is 12.8. The van der Waals surface area contributed by atoms with Gasteiger partial charge in [0.25, 0.3) is 0 Å². The van der Waals surface area contributed by atoms with Crippen LogP contribution in [0.1, 0.15) is 27.0 Å². The lowest BCUT2D eigenvalue weighted by Crippen LogP contribution is -2.38. The summed E-state index contributed by atoms with van der Waals surface area (Å²) in [4.78, 5) is 15.0. The first kappa shape index (κ1) is 20.6. The summed E-state index contributed by atoms with van der Waals surface area (Å²) in [6, 6.07) is 14.0. The molecule has 7 heteroatoms. The maximum absolute atomic E-state index is 12.8. The summed E-state index contributed by atoms with van der Waals surface area (Å²) >= 11 is 1.43. The molecule has 0 radical (unpaired) electrons. The van der Waals surface area contributed by atoms with Crippen LogP contribution in [0.15, 0.2) is 47.6 Å². The van der Waals surface area contributed by atoms with E-state index >= 15 is 0 Å². The predicted molar refractivity (Wildman–Crippen MR) is 120 cm³/mol. The van der Waals surface area contributed by atoms with Crippen molar-refractivity contribution < 1.29 is 9.53 Å². The molecule has 1 aliphatic heterocycles. The second-order valence-corrected chi connectivity index (χ2v) is 8.46. The number of ether oxygens (including phenoxy) is 1. The molecule has 6 nitrogen and oxygen atoms in total. The largest absolute Gasteiger partial charge is 0.378 e. The molecule has 0 aliphatic carbocycles. The van der Waals surface area contributed by atoms with Crippen LogP contribution in [0.3, 0.4) is 0 Å². The van der Waals surface area contributed by atoms with Crippen molar-refractivity contribution in [3.05, 3.63) is 64.7 Å². The molecule has 2 heterocycles.